The number of benzene rings is 1. The number of hydrogen-bond acceptors (Lipinski definition) is 4. The van der Waals surface area contributed by atoms with Gasteiger partial charge in [0.1, 0.15) is 11.4 Å². The fourth-order valence-electron chi connectivity index (χ4n) is 2.21. The van der Waals surface area contributed by atoms with E-state index in [2.05, 4.69) is 26.3 Å². The molecular weight excluding hydrogens is 377 g/mol. The van der Waals surface area contributed by atoms with Crippen LogP contribution in [0.15, 0.2) is 23.2 Å². The zero-order valence-corrected chi connectivity index (χ0v) is 17.8. The van der Waals surface area contributed by atoms with Crippen LogP contribution in [0.4, 0.5) is 9.18 Å². The van der Waals surface area contributed by atoms with Gasteiger partial charge in [0.25, 0.3) is 5.91 Å². The lowest BCUT2D eigenvalue weighted by molar-refractivity contribution is 0.0527. The second-order valence-electron chi connectivity index (χ2n) is 7.43. The maximum absolute atomic E-state index is 13.5. The van der Waals surface area contributed by atoms with Crippen molar-refractivity contribution in [2.45, 2.75) is 39.7 Å². The number of carbonyl (C=O) groups excluding carboxylic acids is 2. The highest BCUT2D eigenvalue weighted by Gasteiger charge is 2.15. The number of amides is 2. The van der Waals surface area contributed by atoms with Gasteiger partial charge in [0.15, 0.2) is 5.96 Å². The quantitative estimate of drug-likeness (QED) is 0.298. The first-order valence-electron chi connectivity index (χ1n) is 9.58. The molecule has 2 amide bonds. The van der Waals surface area contributed by atoms with Gasteiger partial charge in [0, 0.05) is 38.8 Å². The summed E-state index contributed by atoms with van der Waals surface area (Å²) in [5, 5.41) is 11.6. The van der Waals surface area contributed by atoms with Crippen molar-refractivity contribution in [1.82, 2.24) is 21.3 Å². The van der Waals surface area contributed by atoms with Gasteiger partial charge in [0.2, 0.25) is 0 Å². The van der Waals surface area contributed by atoms with Gasteiger partial charge in [-0.05, 0) is 51.8 Å². The Bertz CT molecular complexity index is 717. The lowest BCUT2D eigenvalue weighted by atomic mass is 10.1. The monoisotopic (exact) mass is 409 g/mol. The number of nitrogens with one attached hydrogen (secondary N) is 4. The molecule has 0 unspecified atom stereocenters. The summed E-state index contributed by atoms with van der Waals surface area (Å²) < 4.78 is 18.7. The molecule has 9 heteroatoms. The van der Waals surface area contributed by atoms with E-state index in [0.717, 1.165) is 0 Å². The SMILES string of the molecule is CN=C(NCCCNC(=O)OC(C)(C)C)NCCNC(=O)c1ccc(C)c(F)c1. The highest BCUT2D eigenvalue weighted by atomic mass is 19.1. The molecule has 1 rings (SSSR count). The van der Waals surface area contributed by atoms with Crippen LogP contribution in [0.1, 0.15) is 43.1 Å². The zero-order valence-electron chi connectivity index (χ0n) is 17.8. The summed E-state index contributed by atoms with van der Waals surface area (Å²) in [5.41, 5.74) is 0.268. The van der Waals surface area contributed by atoms with Gasteiger partial charge < -0.3 is 26.0 Å². The number of ether oxygens (including phenoxy) is 1. The number of rotatable bonds is 8. The van der Waals surface area contributed by atoms with Gasteiger partial charge >= 0.3 is 6.09 Å². The van der Waals surface area contributed by atoms with Crippen LogP contribution in [0.2, 0.25) is 0 Å². The highest BCUT2D eigenvalue weighted by Crippen LogP contribution is 2.09. The number of carbonyl (C=O) groups is 2. The first-order valence-corrected chi connectivity index (χ1v) is 9.58. The van der Waals surface area contributed by atoms with Crippen molar-refractivity contribution in [3.05, 3.63) is 35.1 Å². The summed E-state index contributed by atoms with van der Waals surface area (Å²) in [4.78, 5) is 27.6. The molecule has 0 atom stereocenters. The van der Waals surface area contributed by atoms with E-state index in [0.29, 0.717) is 44.1 Å². The molecule has 0 aliphatic rings. The number of nitrogens with zero attached hydrogens (tertiary/aromatic N) is 1. The third-order valence-corrected chi connectivity index (χ3v) is 3.67. The van der Waals surface area contributed by atoms with E-state index in [-0.39, 0.29) is 11.5 Å². The van der Waals surface area contributed by atoms with Gasteiger partial charge in [-0.1, -0.05) is 6.07 Å². The van der Waals surface area contributed by atoms with Crippen LogP contribution >= 0.6 is 0 Å². The van der Waals surface area contributed by atoms with Crippen LogP contribution in [0.3, 0.4) is 0 Å². The minimum absolute atomic E-state index is 0.285. The molecule has 1 aromatic rings. The zero-order chi connectivity index (χ0) is 21.9. The predicted molar refractivity (Wildman–Crippen MR) is 112 cm³/mol. The Morgan fingerprint density at radius 3 is 2.28 bits per heavy atom. The van der Waals surface area contributed by atoms with E-state index < -0.39 is 17.5 Å². The van der Waals surface area contributed by atoms with Crippen molar-refractivity contribution < 1.29 is 18.7 Å². The van der Waals surface area contributed by atoms with Crippen LogP contribution in [-0.2, 0) is 4.74 Å². The molecule has 0 heterocycles. The smallest absolute Gasteiger partial charge is 0.407 e. The van der Waals surface area contributed by atoms with E-state index in [4.69, 9.17) is 4.74 Å². The lowest BCUT2D eigenvalue weighted by Crippen LogP contribution is -2.42. The maximum atomic E-state index is 13.5. The molecule has 0 spiro atoms. The van der Waals surface area contributed by atoms with Gasteiger partial charge in [-0.25, -0.2) is 9.18 Å². The number of aryl methyl sites for hydroxylation is 1. The maximum Gasteiger partial charge on any atom is 0.407 e. The van der Waals surface area contributed by atoms with Crippen molar-refractivity contribution in [1.29, 1.82) is 0 Å². The summed E-state index contributed by atoms with van der Waals surface area (Å²) in [7, 11) is 1.64. The number of hydrogen-bond donors (Lipinski definition) is 4. The normalized spacial score (nSPS) is 11.6. The summed E-state index contributed by atoms with van der Waals surface area (Å²) in [6, 6.07) is 4.39. The molecule has 0 bridgehead atoms. The van der Waals surface area contributed by atoms with E-state index in [1.165, 1.54) is 6.07 Å². The third-order valence-electron chi connectivity index (χ3n) is 3.67. The van der Waals surface area contributed by atoms with Crippen molar-refractivity contribution in [3.63, 3.8) is 0 Å². The summed E-state index contributed by atoms with van der Waals surface area (Å²) in [6.45, 7) is 8.96. The fourth-order valence-corrected chi connectivity index (χ4v) is 2.21. The van der Waals surface area contributed by atoms with E-state index >= 15 is 0 Å². The van der Waals surface area contributed by atoms with Gasteiger partial charge in [-0.3, -0.25) is 9.79 Å². The molecule has 0 radical (unpaired) electrons. The lowest BCUT2D eigenvalue weighted by Gasteiger charge is -2.19. The Hall–Kier alpha value is -2.84. The largest absolute Gasteiger partial charge is 0.444 e. The first kappa shape index (κ1) is 24.2. The molecule has 29 heavy (non-hydrogen) atoms. The fraction of sp³-hybridized carbons (Fsp3) is 0.550. The minimum atomic E-state index is -0.517. The van der Waals surface area contributed by atoms with Gasteiger partial charge in [0.05, 0.1) is 0 Å². The number of halogens is 1. The number of aliphatic imine (C=N–C) groups is 1. The summed E-state index contributed by atoms with van der Waals surface area (Å²) >= 11 is 0. The Morgan fingerprint density at radius 1 is 1.03 bits per heavy atom. The molecule has 162 valence electrons. The molecule has 0 aromatic heterocycles. The average molecular weight is 410 g/mol. The van der Waals surface area contributed by atoms with Crippen molar-refractivity contribution in [2.75, 3.05) is 33.2 Å². The molecule has 1 aromatic carbocycles. The van der Waals surface area contributed by atoms with Crippen LogP contribution in [0.5, 0.6) is 0 Å². The second kappa shape index (κ2) is 11.9. The first-order chi connectivity index (χ1) is 13.6. The van der Waals surface area contributed by atoms with Crippen LogP contribution in [-0.4, -0.2) is 56.8 Å². The van der Waals surface area contributed by atoms with Gasteiger partial charge in [-0.2, -0.15) is 0 Å². The Kier molecular flexibility index (Phi) is 9.91. The standard InChI is InChI=1S/C20H32FN5O3/c1-14-7-8-15(13-16(14)21)17(27)23-11-12-25-18(22-5)24-9-6-10-26-19(28)29-20(2,3)4/h7-8,13H,6,9-12H2,1-5H3,(H,23,27)(H,26,28)(H2,22,24,25). The van der Waals surface area contributed by atoms with Gasteiger partial charge in [-0.15, -0.1) is 0 Å². The highest BCUT2D eigenvalue weighted by molar-refractivity contribution is 5.94. The third kappa shape index (κ3) is 10.3. The van der Waals surface area contributed by atoms with Crippen molar-refractivity contribution in [3.8, 4) is 0 Å². The topological polar surface area (TPSA) is 104 Å². The Labute approximate surface area is 171 Å². The molecular formula is C20H32FN5O3. The van der Waals surface area contributed by atoms with Crippen molar-refractivity contribution >= 4 is 18.0 Å². The molecule has 0 fully saturated rings. The predicted octanol–water partition coefficient (Wildman–Crippen LogP) is 1.94. The minimum Gasteiger partial charge on any atom is -0.444 e. The average Bonchev–Trinajstić information content (AvgIpc) is 2.63. The summed E-state index contributed by atoms with van der Waals surface area (Å²) in [6.07, 6.45) is 0.250. The van der Waals surface area contributed by atoms with E-state index in [1.807, 2.05) is 20.8 Å². The van der Waals surface area contributed by atoms with Crippen molar-refractivity contribution in [2.24, 2.45) is 4.99 Å². The Balaban J connectivity index is 2.19. The van der Waals surface area contributed by atoms with Crippen LogP contribution in [0, 0.1) is 12.7 Å². The molecule has 4 N–H and O–H groups in total. The van der Waals surface area contributed by atoms with E-state index in [9.17, 15) is 14.0 Å². The van der Waals surface area contributed by atoms with Crippen LogP contribution < -0.4 is 21.3 Å². The van der Waals surface area contributed by atoms with E-state index in [1.54, 1.807) is 26.1 Å². The summed E-state index contributed by atoms with van der Waals surface area (Å²) in [5.74, 6) is -0.152. The molecule has 0 saturated heterocycles. The molecule has 0 aliphatic carbocycles. The number of alkyl carbamates (subject to hydrolysis) is 1. The Morgan fingerprint density at radius 2 is 1.66 bits per heavy atom. The second-order valence-corrected chi connectivity index (χ2v) is 7.43. The molecule has 0 aliphatic heterocycles. The molecule has 0 saturated carbocycles. The van der Waals surface area contributed by atoms with Crippen LogP contribution in [0.25, 0.3) is 0 Å². The number of guanidine groups is 1. The molecule has 8 nitrogen and oxygen atoms in total.